The molecular formula is C63H88O8. The molecule has 18 atom stereocenters. The van der Waals surface area contributed by atoms with Crippen LogP contribution in [-0.4, -0.2) is 51.0 Å². The van der Waals surface area contributed by atoms with Gasteiger partial charge in [-0.2, -0.15) is 0 Å². The molecule has 0 amide bonds. The second-order valence-electron chi connectivity index (χ2n) is 27.2. The molecule has 0 bridgehead atoms. The van der Waals surface area contributed by atoms with Crippen molar-refractivity contribution >= 4 is 29.1 Å². The van der Waals surface area contributed by atoms with Gasteiger partial charge in [0, 0.05) is 31.1 Å². The highest BCUT2D eigenvalue weighted by Crippen LogP contribution is 2.70. The van der Waals surface area contributed by atoms with Crippen molar-refractivity contribution in [3.63, 3.8) is 0 Å². The average molecular weight is 973 g/mol. The first-order chi connectivity index (χ1) is 33.5. The number of Topliss-reactive ketones (excluding diaryl/α,β-unsaturated/α-hetero) is 2. The number of benzene rings is 1. The van der Waals surface area contributed by atoms with Crippen LogP contribution in [0.5, 0.6) is 5.75 Å². The van der Waals surface area contributed by atoms with E-state index in [1.807, 2.05) is 24.3 Å². The number of ether oxygens (including phenoxy) is 1. The summed E-state index contributed by atoms with van der Waals surface area (Å²) < 4.78 is 5.84. The maximum atomic E-state index is 12.8. The number of hydrogen-bond acceptors (Lipinski definition) is 8. The fraction of sp³-hybridized carbons (Fsp3) is 0.762. The van der Waals surface area contributed by atoms with Crippen molar-refractivity contribution < 1.29 is 38.9 Å². The molecule has 2 N–H and O–H groups in total. The van der Waals surface area contributed by atoms with Gasteiger partial charge in [-0.1, -0.05) is 58.8 Å². The van der Waals surface area contributed by atoms with Crippen molar-refractivity contribution in [3.8, 4) is 5.75 Å². The molecule has 0 heterocycles. The van der Waals surface area contributed by atoms with E-state index >= 15 is 0 Å². The Hall–Kier alpha value is -3.39. The predicted octanol–water partition coefficient (Wildman–Crippen LogP) is 13.0. The van der Waals surface area contributed by atoms with Crippen LogP contribution in [0.2, 0.25) is 0 Å². The lowest BCUT2D eigenvalue weighted by Gasteiger charge is -2.60. The second-order valence-corrected chi connectivity index (χ2v) is 27.2. The predicted molar refractivity (Wildman–Crippen MR) is 276 cm³/mol. The first-order valence-corrected chi connectivity index (χ1v) is 28.7. The molecule has 0 saturated heterocycles. The van der Waals surface area contributed by atoms with Crippen molar-refractivity contribution in [3.05, 3.63) is 52.6 Å². The molecule has 0 spiro atoms. The molecule has 0 aliphatic heterocycles. The Labute approximate surface area is 425 Å². The van der Waals surface area contributed by atoms with Crippen LogP contribution in [0, 0.1) is 86.3 Å². The maximum Gasteiger partial charge on any atom is 0.303 e. The number of rotatable bonds is 3. The number of phenols is 1. The van der Waals surface area contributed by atoms with Crippen LogP contribution in [0.1, 0.15) is 208 Å². The SMILES string of the molecule is CC(=O)O[C@]1(C(C)=O)CC[C@H]2[C@@H]3C[C@H](C)C4=CC(=O)CC[C@]4(C)[C@H]3CC[C@@]21C.CC(=O)[C@H]1CC[C@H]2[C@@H]3CCC4=CC(=O)CC[C@]4(C)[C@H]3CC[C@]12C.C[C@]12CC[C@@H]3c4ccc(O)cc4CC[C@H]3[C@@H]1CC[C@@H]2O. The van der Waals surface area contributed by atoms with Crippen molar-refractivity contribution in [2.75, 3.05) is 0 Å². The molecular weight excluding hydrogens is 885 g/mol. The fourth-order valence-electron chi connectivity index (χ4n) is 20.8. The quantitative estimate of drug-likeness (QED) is 0.286. The minimum atomic E-state index is -0.961. The van der Waals surface area contributed by atoms with Crippen molar-refractivity contribution in [1.82, 2.24) is 0 Å². The monoisotopic (exact) mass is 973 g/mol. The lowest BCUT2D eigenvalue weighted by atomic mass is 9.44. The van der Waals surface area contributed by atoms with E-state index < -0.39 is 5.60 Å². The molecule has 0 unspecified atom stereocenters. The Morgan fingerprint density at radius 3 is 1.97 bits per heavy atom. The van der Waals surface area contributed by atoms with Gasteiger partial charge in [0.05, 0.1) is 6.10 Å². The smallest absolute Gasteiger partial charge is 0.303 e. The summed E-state index contributed by atoms with van der Waals surface area (Å²) in [6, 6.07) is 5.96. The van der Waals surface area contributed by atoms with Crippen LogP contribution >= 0.6 is 0 Å². The zero-order chi connectivity index (χ0) is 50.8. The lowest BCUT2D eigenvalue weighted by molar-refractivity contribution is -0.187. The molecule has 8 nitrogen and oxygen atoms in total. The Balaban J connectivity index is 0.000000125. The first-order valence-electron chi connectivity index (χ1n) is 28.7. The number of allylic oxidation sites excluding steroid dienone is 2. The van der Waals surface area contributed by atoms with Crippen molar-refractivity contribution in [2.45, 2.75) is 215 Å². The Kier molecular flexibility index (Phi) is 13.1. The van der Waals surface area contributed by atoms with Crippen LogP contribution in [0.3, 0.4) is 0 Å². The van der Waals surface area contributed by atoms with Crippen molar-refractivity contribution in [1.29, 1.82) is 0 Å². The highest BCUT2D eigenvalue weighted by Gasteiger charge is 2.68. The number of fused-ring (bicyclic) bond motifs is 15. The molecule has 11 aliphatic rings. The van der Waals surface area contributed by atoms with Gasteiger partial charge in [-0.25, -0.2) is 0 Å². The second kappa shape index (κ2) is 18.2. The van der Waals surface area contributed by atoms with Crippen molar-refractivity contribution in [2.24, 2.45) is 86.3 Å². The first kappa shape index (κ1) is 51.1. The third kappa shape index (κ3) is 7.90. The van der Waals surface area contributed by atoms with Gasteiger partial charge in [-0.05, 0) is 252 Å². The molecule has 0 aromatic heterocycles. The molecule has 388 valence electrons. The minimum Gasteiger partial charge on any atom is -0.508 e. The topological polar surface area (TPSA) is 135 Å². The van der Waals surface area contributed by atoms with Gasteiger partial charge >= 0.3 is 5.97 Å². The summed E-state index contributed by atoms with van der Waals surface area (Å²) in [5, 5.41) is 20.0. The highest BCUT2D eigenvalue weighted by molar-refractivity contribution is 5.92. The standard InChI is InChI=1S/C24H34O4.C21H30O2.C18H24O2/c1-14-12-18-19(22(4)9-6-17(27)13-21(14)22)7-10-23(5)20(18)8-11-24(23,15(2)25)28-16(3)26;1-13(22)17-6-7-18-16-5-4-14-12-15(23)8-10-20(14,2)19(16)9-11-21(17,18)3;1-18-9-8-14-13-5-3-12(19)10-11(13)2-4-15(14)16(18)6-7-17(18)20/h13-14,18-20H,6-12H2,1-5H3;12,16-19H,4-11H2,1-3H3;3,5,10,14-17,19-20H,2,4,6-9H2,1H3/t14-,18+,19-,20-,22+,23-,24-;16-,17+,18-,19-,20-,21+;14-,15-,16+,17+,18+/m001/s1. The summed E-state index contributed by atoms with van der Waals surface area (Å²) in [5.41, 5.74) is 5.16. The summed E-state index contributed by atoms with van der Waals surface area (Å²) in [7, 11) is 0. The fourth-order valence-corrected chi connectivity index (χ4v) is 20.8. The Bertz CT molecular complexity index is 2410. The van der Waals surface area contributed by atoms with Gasteiger partial charge in [-0.3, -0.25) is 24.0 Å². The Morgan fingerprint density at radius 1 is 0.620 bits per heavy atom. The number of carbonyl (C=O) groups excluding carboxylic acids is 5. The van der Waals surface area contributed by atoms with E-state index in [0.717, 1.165) is 101 Å². The zero-order valence-electron chi connectivity index (χ0n) is 45.0. The Morgan fingerprint density at radius 2 is 1.25 bits per heavy atom. The number of ketones is 4. The molecule has 8 heteroatoms. The number of aryl methyl sites for hydroxylation is 1. The van der Waals surface area contributed by atoms with E-state index in [4.69, 9.17) is 4.74 Å². The van der Waals surface area contributed by atoms with E-state index in [-0.39, 0.29) is 50.7 Å². The number of esters is 1. The maximum absolute atomic E-state index is 12.8. The zero-order valence-corrected chi connectivity index (χ0v) is 45.0. The van der Waals surface area contributed by atoms with Gasteiger partial charge in [0.25, 0.3) is 0 Å². The van der Waals surface area contributed by atoms with Gasteiger partial charge in [-0.15, -0.1) is 0 Å². The molecule has 0 radical (unpaired) electrons. The van der Waals surface area contributed by atoms with Gasteiger partial charge in [0.2, 0.25) is 0 Å². The van der Waals surface area contributed by atoms with Gasteiger partial charge < -0.3 is 14.9 Å². The normalized spacial score (nSPS) is 46.6. The summed E-state index contributed by atoms with van der Waals surface area (Å²) >= 11 is 0. The number of aliphatic hydroxyl groups is 1. The van der Waals surface area contributed by atoms with Crippen LogP contribution in [-0.2, 0) is 35.1 Å². The summed E-state index contributed by atoms with van der Waals surface area (Å²) in [4.78, 5) is 60.8. The van der Waals surface area contributed by atoms with E-state index in [0.29, 0.717) is 71.6 Å². The average Bonchev–Trinajstić information content (AvgIpc) is 3.95. The molecule has 1 aromatic rings. The molecule has 71 heavy (non-hydrogen) atoms. The van der Waals surface area contributed by atoms with Crippen LogP contribution in [0.15, 0.2) is 41.5 Å². The number of aromatic hydroxyl groups is 1. The van der Waals surface area contributed by atoms with E-state index in [2.05, 4.69) is 47.6 Å². The van der Waals surface area contributed by atoms with Crippen LogP contribution in [0.4, 0.5) is 0 Å². The number of aliphatic hydroxyl groups excluding tert-OH is 1. The molecule has 12 rings (SSSR count). The molecule has 11 aliphatic carbocycles. The summed E-state index contributed by atoms with van der Waals surface area (Å²) in [5.74, 6) is 7.60. The summed E-state index contributed by atoms with van der Waals surface area (Å²) in [6.45, 7) is 18.8. The van der Waals surface area contributed by atoms with Crippen LogP contribution in [0.25, 0.3) is 0 Å². The molecule has 1 aromatic carbocycles. The molecule has 8 saturated carbocycles. The lowest BCUT2D eigenvalue weighted by Crippen LogP contribution is -2.59. The third-order valence-electron chi connectivity index (χ3n) is 24.4. The van der Waals surface area contributed by atoms with Crippen LogP contribution < -0.4 is 0 Å². The van der Waals surface area contributed by atoms with E-state index in [1.54, 1.807) is 13.8 Å². The van der Waals surface area contributed by atoms with E-state index in [1.165, 1.54) is 74.1 Å². The number of phenolic OH excluding ortho intramolecular Hbond substituents is 1. The summed E-state index contributed by atoms with van der Waals surface area (Å²) in [6.07, 6.45) is 25.9. The molecule has 8 fully saturated rings. The van der Waals surface area contributed by atoms with Gasteiger partial charge in [0.15, 0.2) is 23.0 Å². The largest absolute Gasteiger partial charge is 0.508 e. The number of hydrogen-bond donors (Lipinski definition) is 2. The minimum absolute atomic E-state index is 0.00469. The van der Waals surface area contributed by atoms with Gasteiger partial charge in [0.1, 0.15) is 11.5 Å². The third-order valence-corrected chi connectivity index (χ3v) is 24.4. The van der Waals surface area contributed by atoms with E-state index in [9.17, 15) is 34.2 Å². The number of carbonyl (C=O) groups is 5. The highest BCUT2D eigenvalue weighted by atomic mass is 16.6.